The van der Waals surface area contributed by atoms with Crippen LogP contribution >= 0.6 is 0 Å². The summed E-state index contributed by atoms with van der Waals surface area (Å²) in [4.78, 5) is 10.6. The molecule has 0 saturated carbocycles. The Morgan fingerprint density at radius 1 is 0.941 bits per heavy atom. The first-order chi connectivity index (χ1) is 8.16. The minimum atomic E-state index is -0.258. The van der Waals surface area contributed by atoms with Gasteiger partial charge in [0.2, 0.25) is 5.91 Å². The summed E-state index contributed by atoms with van der Waals surface area (Å²) in [6.07, 6.45) is 13.3. The molecule has 0 fully saturated rings. The Hall–Kier alpha value is -0.790. The van der Waals surface area contributed by atoms with Crippen LogP contribution in [0.2, 0.25) is 0 Å². The first-order valence-electron chi connectivity index (χ1n) is 7.11. The van der Waals surface area contributed by atoms with E-state index in [4.69, 9.17) is 5.73 Å². The molecule has 17 heavy (non-hydrogen) atoms. The van der Waals surface area contributed by atoms with Crippen LogP contribution < -0.4 is 5.73 Å². The van der Waals surface area contributed by atoms with E-state index in [9.17, 15) is 4.79 Å². The number of hydrogen-bond donors (Lipinski definition) is 1. The first-order valence-corrected chi connectivity index (χ1v) is 7.11. The highest BCUT2D eigenvalue weighted by Gasteiger charge is 1.99. The number of carbonyl (C=O) groups is 1. The van der Waals surface area contributed by atoms with Gasteiger partial charge in [-0.25, -0.2) is 0 Å². The van der Waals surface area contributed by atoms with Crippen molar-refractivity contribution in [3.05, 3.63) is 12.2 Å². The van der Waals surface area contributed by atoms with Gasteiger partial charge >= 0.3 is 0 Å². The van der Waals surface area contributed by atoms with Gasteiger partial charge in [0, 0.05) is 6.42 Å². The van der Waals surface area contributed by atoms with Gasteiger partial charge in [-0.3, -0.25) is 4.79 Å². The van der Waals surface area contributed by atoms with Crippen LogP contribution in [0.25, 0.3) is 0 Å². The molecule has 0 unspecified atom stereocenters. The Bertz CT molecular complexity index is 211. The quantitative estimate of drug-likeness (QED) is 0.399. The zero-order valence-corrected chi connectivity index (χ0v) is 11.5. The van der Waals surface area contributed by atoms with Crippen molar-refractivity contribution in [3.63, 3.8) is 0 Å². The summed E-state index contributed by atoms with van der Waals surface area (Å²) in [5, 5.41) is 0. The van der Waals surface area contributed by atoms with Gasteiger partial charge < -0.3 is 5.73 Å². The summed E-state index contributed by atoms with van der Waals surface area (Å²) < 4.78 is 0. The third-order valence-electron chi connectivity index (χ3n) is 3.06. The Balaban J connectivity index is 3.13. The maximum atomic E-state index is 10.6. The lowest BCUT2D eigenvalue weighted by Gasteiger charge is -2.03. The minimum Gasteiger partial charge on any atom is -0.369 e. The van der Waals surface area contributed by atoms with Crippen LogP contribution in [0.4, 0.5) is 0 Å². The van der Waals surface area contributed by atoms with Crippen molar-refractivity contribution in [2.75, 3.05) is 0 Å². The highest BCUT2D eigenvalue weighted by molar-refractivity contribution is 5.76. The molecule has 0 aliphatic carbocycles. The standard InChI is InChI=1S/C15H29NO/c1-3-4-5-6-7-8-9-10-11-12-14(2)13-15(16)17/h2-13H2,1H3,(H2,16,17). The number of nitrogens with two attached hydrogens (primary N) is 1. The van der Waals surface area contributed by atoms with Crippen molar-refractivity contribution < 1.29 is 4.79 Å². The second-order valence-corrected chi connectivity index (χ2v) is 4.97. The molecule has 2 nitrogen and oxygen atoms in total. The minimum absolute atomic E-state index is 0.258. The van der Waals surface area contributed by atoms with Crippen LogP contribution in [0.5, 0.6) is 0 Å². The topological polar surface area (TPSA) is 43.1 Å². The molecule has 0 aliphatic rings. The van der Waals surface area contributed by atoms with Gasteiger partial charge in [0.05, 0.1) is 0 Å². The summed E-state index contributed by atoms with van der Waals surface area (Å²) in [7, 11) is 0. The average molecular weight is 239 g/mol. The second kappa shape index (κ2) is 11.7. The fraction of sp³-hybridized carbons (Fsp3) is 0.800. The lowest BCUT2D eigenvalue weighted by atomic mass is 10.0. The fourth-order valence-electron chi connectivity index (χ4n) is 2.02. The molecular formula is C15H29NO. The zero-order valence-electron chi connectivity index (χ0n) is 11.5. The van der Waals surface area contributed by atoms with Crippen molar-refractivity contribution in [1.82, 2.24) is 0 Å². The van der Waals surface area contributed by atoms with E-state index in [1.807, 2.05) is 0 Å². The van der Waals surface area contributed by atoms with Crippen LogP contribution in [0.3, 0.4) is 0 Å². The Morgan fingerprint density at radius 2 is 1.41 bits per heavy atom. The third-order valence-corrected chi connectivity index (χ3v) is 3.06. The van der Waals surface area contributed by atoms with E-state index in [0.29, 0.717) is 6.42 Å². The van der Waals surface area contributed by atoms with Gasteiger partial charge in [0.25, 0.3) is 0 Å². The predicted octanol–water partition coefficient (Wildman–Crippen LogP) is 4.34. The molecule has 100 valence electrons. The molecule has 0 saturated heterocycles. The lowest BCUT2D eigenvalue weighted by Crippen LogP contribution is -2.10. The monoisotopic (exact) mass is 239 g/mol. The van der Waals surface area contributed by atoms with Gasteiger partial charge in [-0.2, -0.15) is 0 Å². The van der Waals surface area contributed by atoms with E-state index in [2.05, 4.69) is 13.5 Å². The maximum absolute atomic E-state index is 10.6. The Labute approximate surface area is 107 Å². The van der Waals surface area contributed by atoms with Gasteiger partial charge in [0.15, 0.2) is 0 Å². The Kier molecular flexibility index (Phi) is 11.1. The molecule has 0 aliphatic heterocycles. The van der Waals surface area contributed by atoms with Gasteiger partial charge in [-0.1, -0.05) is 70.4 Å². The highest BCUT2D eigenvalue weighted by Crippen LogP contribution is 2.13. The lowest BCUT2D eigenvalue weighted by molar-refractivity contribution is -0.117. The van der Waals surface area contributed by atoms with E-state index in [1.54, 1.807) is 0 Å². The third kappa shape index (κ3) is 13.1. The molecule has 0 atom stereocenters. The summed E-state index contributed by atoms with van der Waals surface area (Å²) in [6.45, 7) is 6.11. The zero-order chi connectivity index (χ0) is 12.9. The number of rotatable bonds is 12. The summed E-state index contributed by atoms with van der Waals surface area (Å²) in [5.74, 6) is -0.258. The van der Waals surface area contributed by atoms with E-state index in [-0.39, 0.29) is 5.91 Å². The molecule has 2 N–H and O–H groups in total. The number of amides is 1. The molecule has 0 radical (unpaired) electrons. The van der Waals surface area contributed by atoms with Crippen molar-refractivity contribution >= 4 is 5.91 Å². The van der Waals surface area contributed by atoms with Crippen LogP contribution in [-0.4, -0.2) is 5.91 Å². The summed E-state index contributed by atoms with van der Waals surface area (Å²) in [6, 6.07) is 0. The van der Waals surface area contributed by atoms with Crippen molar-refractivity contribution in [2.45, 2.75) is 77.6 Å². The van der Waals surface area contributed by atoms with E-state index in [1.165, 1.54) is 51.4 Å². The molecule has 0 aromatic carbocycles. The average Bonchev–Trinajstić information content (AvgIpc) is 2.26. The summed E-state index contributed by atoms with van der Waals surface area (Å²) >= 11 is 0. The number of hydrogen-bond acceptors (Lipinski definition) is 1. The number of carbonyl (C=O) groups excluding carboxylic acids is 1. The smallest absolute Gasteiger partial charge is 0.221 e. The molecule has 0 heterocycles. The van der Waals surface area contributed by atoms with Crippen LogP contribution in [-0.2, 0) is 4.79 Å². The predicted molar refractivity (Wildman–Crippen MR) is 74.8 cm³/mol. The first kappa shape index (κ1) is 16.2. The number of primary amides is 1. The van der Waals surface area contributed by atoms with Gasteiger partial charge in [0.1, 0.15) is 0 Å². The molecule has 2 heteroatoms. The van der Waals surface area contributed by atoms with Crippen LogP contribution in [0.1, 0.15) is 77.6 Å². The molecule has 0 bridgehead atoms. The molecule has 0 aromatic rings. The van der Waals surface area contributed by atoms with Crippen LogP contribution in [0.15, 0.2) is 12.2 Å². The highest BCUT2D eigenvalue weighted by atomic mass is 16.1. The van der Waals surface area contributed by atoms with E-state index >= 15 is 0 Å². The second-order valence-electron chi connectivity index (χ2n) is 4.97. The largest absolute Gasteiger partial charge is 0.369 e. The summed E-state index contributed by atoms with van der Waals surface area (Å²) in [5.41, 5.74) is 6.09. The maximum Gasteiger partial charge on any atom is 0.221 e. The van der Waals surface area contributed by atoms with Crippen LogP contribution in [0, 0.1) is 0 Å². The van der Waals surface area contributed by atoms with Crippen molar-refractivity contribution in [2.24, 2.45) is 5.73 Å². The molecule has 1 amide bonds. The Morgan fingerprint density at radius 3 is 1.88 bits per heavy atom. The molecular weight excluding hydrogens is 210 g/mol. The van der Waals surface area contributed by atoms with Gasteiger partial charge in [-0.15, -0.1) is 0 Å². The molecule has 0 rings (SSSR count). The fourth-order valence-corrected chi connectivity index (χ4v) is 2.02. The van der Waals surface area contributed by atoms with Gasteiger partial charge in [-0.05, 0) is 12.8 Å². The molecule has 0 spiro atoms. The van der Waals surface area contributed by atoms with Crippen molar-refractivity contribution in [3.8, 4) is 0 Å². The SMILES string of the molecule is C=C(CCCCCCCCCCC)CC(N)=O. The normalized spacial score (nSPS) is 10.4. The van der Waals surface area contributed by atoms with E-state index in [0.717, 1.165) is 18.4 Å². The molecule has 0 aromatic heterocycles. The number of unbranched alkanes of at least 4 members (excludes halogenated alkanes) is 8. The van der Waals surface area contributed by atoms with E-state index < -0.39 is 0 Å². The van der Waals surface area contributed by atoms with Crippen molar-refractivity contribution in [1.29, 1.82) is 0 Å².